The van der Waals surface area contributed by atoms with Crippen LogP contribution in [0.1, 0.15) is 31.7 Å². The molecule has 0 bridgehead atoms. The minimum Gasteiger partial charge on any atom is -0.497 e. The lowest BCUT2D eigenvalue weighted by molar-refractivity contribution is -0.141. The molecule has 2 fully saturated rings. The number of ether oxygens (including phenoxy) is 1. The van der Waals surface area contributed by atoms with Gasteiger partial charge in [0.15, 0.2) is 0 Å². The number of hydrogen-bond donors (Lipinski definition) is 0. The third-order valence-electron chi connectivity index (χ3n) is 6.50. The van der Waals surface area contributed by atoms with Crippen molar-refractivity contribution in [3.8, 4) is 5.75 Å². The van der Waals surface area contributed by atoms with Crippen LogP contribution in [0.2, 0.25) is 0 Å². The van der Waals surface area contributed by atoms with Gasteiger partial charge in [0.2, 0.25) is 11.8 Å². The van der Waals surface area contributed by atoms with Crippen molar-refractivity contribution in [3.05, 3.63) is 29.8 Å². The summed E-state index contributed by atoms with van der Waals surface area (Å²) in [6.07, 6.45) is 2.86. The van der Waals surface area contributed by atoms with Crippen molar-refractivity contribution >= 4 is 11.8 Å². The molecular weight excluding hydrogens is 354 g/mol. The molecule has 28 heavy (non-hydrogen) atoms. The maximum absolute atomic E-state index is 13.1. The summed E-state index contributed by atoms with van der Waals surface area (Å²) in [6, 6.07) is 7.90. The minimum atomic E-state index is -0.357. The zero-order valence-corrected chi connectivity index (χ0v) is 17.6. The fourth-order valence-electron chi connectivity index (χ4n) is 4.99. The van der Waals surface area contributed by atoms with Crippen molar-refractivity contribution in [1.29, 1.82) is 0 Å². The second kappa shape index (κ2) is 8.52. The Labute approximate surface area is 168 Å². The third-order valence-corrected chi connectivity index (χ3v) is 6.50. The number of nitrogens with zero attached hydrogens (tertiary/aromatic N) is 3. The predicted molar refractivity (Wildman–Crippen MR) is 109 cm³/mol. The maximum Gasteiger partial charge on any atom is 0.229 e. The first kappa shape index (κ1) is 20.6. The van der Waals surface area contributed by atoms with Gasteiger partial charge in [0.1, 0.15) is 5.75 Å². The Morgan fingerprint density at radius 3 is 2.64 bits per heavy atom. The zero-order chi connectivity index (χ0) is 20.3. The van der Waals surface area contributed by atoms with Gasteiger partial charge in [-0.2, -0.15) is 0 Å². The summed E-state index contributed by atoms with van der Waals surface area (Å²) in [6.45, 7) is 5.44. The Kier molecular flexibility index (Phi) is 6.28. The van der Waals surface area contributed by atoms with E-state index in [1.807, 2.05) is 43.3 Å². The summed E-state index contributed by atoms with van der Waals surface area (Å²) >= 11 is 0. The molecule has 0 saturated carbocycles. The molecule has 3 rings (SSSR count). The highest BCUT2D eigenvalue weighted by molar-refractivity contribution is 5.84. The van der Waals surface area contributed by atoms with E-state index in [-0.39, 0.29) is 23.3 Å². The highest BCUT2D eigenvalue weighted by Gasteiger charge is 2.53. The predicted octanol–water partition coefficient (Wildman–Crippen LogP) is 2.03. The second-order valence-corrected chi connectivity index (χ2v) is 8.20. The summed E-state index contributed by atoms with van der Waals surface area (Å²) in [5, 5.41) is 0. The van der Waals surface area contributed by atoms with E-state index in [0.29, 0.717) is 19.5 Å². The number of carbonyl (C=O) groups is 2. The van der Waals surface area contributed by atoms with Gasteiger partial charge in [0.05, 0.1) is 18.9 Å². The summed E-state index contributed by atoms with van der Waals surface area (Å²) in [5.74, 6) is 1.11. The summed E-state index contributed by atoms with van der Waals surface area (Å²) in [7, 11) is 5.33. The maximum atomic E-state index is 13.1. The molecule has 0 spiro atoms. The van der Waals surface area contributed by atoms with Crippen LogP contribution in [0.5, 0.6) is 5.75 Å². The number of hydrogen-bond acceptors (Lipinski definition) is 4. The van der Waals surface area contributed by atoms with Gasteiger partial charge >= 0.3 is 0 Å². The van der Waals surface area contributed by atoms with Gasteiger partial charge in [-0.05, 0) is 50.0 Å². The van der Waals surface area contributed by atoms with Crippen LogP contribution in [-0.2, 0) is 16.0 Å². The fourth-order valence-corrected chi connectivity index (χ4v) is 4.99. The third kappa shape index (κ3) is 3.88. The van der Waals surface area contributed by atoms with Crippen LogP contribution < -0.4 is 4.74 Å². The van der Waals surface area contributed by atoms with Crippen LogP contribution >= 0.6 is 0 Å². The minimum absolute atomic E-state index is 0.128. The smallest absolute Gasteiger partial charge is 0.229 e. The van der Waals surface area contributed by atoms with Gasteiger partial charge in [0.25, 0.3) is 0 Å². The molecule has 1 aromatic rings. The van der Waals surface area contributed by atoms with E-state index in [0.717, 1.165) is 43.7 Å². The Balaban J connectivity index is 1.75. The molecule has 0 aromatic heterocycles. The SMILES string of the molecule is CCN1CC[C@]2(C(=O)N(C)C)CCN(C(=O)Cc3cccc(OC)c3)CC[C@H]12. The number of rotatable bonds is 5. The largest absolute Gasteiger partial charge is 0.497 e. The second-order valence-electron chi connectivity index (χ2n) is 8.20. The first-order valence-electron chi connectivity index (χ1n) is 10.3. The number of methoxy groups -OCH3 is 1. The van der Waals surface area contributed by atoms with Crippen molar-refractivity contribution < 1.29 is 14.3 Å². The van der Waals surface area contributed by atoms with Crippen LogP contribution in [0.4, 0.5) is 0 Å². The lowest BCUT2D eigenvalue weighted by Crippen LogP contribution is -2.49. The number of benzene rings is 1. The molecule has 6 nitrogen and oxygen atoms in total. The molecule has 2 aliphatic rings. The quantitative estimate of drug-likeness (QED) is 0.776. The molecule has 1 aromatic carbocycles. The molecule has 2 aliphatic heterocycles. The molecule has 2 amide bonds. The van der Waals surface area contributed by atoms with E-state index >= 15 is 0 Å². The van der Waals surface area contributed by atoms with Gasteiger partial charge in [-0.1, -0.05) is 19.1 Å². The van der Waals surface area contributed by atoms with Crippen molar-refractivity contribution in [2.24, 2.45) is 5.41 Å². The molecule has 2 heterocycles. The molecule has 0 unspecified atom stereocenters. The van der Waals surface area contributed by atoms with E-state index in [4.69, 9.17) is 4.74 Å². The van der Waals surface area contributed by atoms with Crippen LogP contribution in [0.25, 0.3) is 0 Å². The highest BCUT2D eigenvalue weighted by atomic mass is 16.5. The van der Waals surface area contributed by atoms with E-state index in [1.165, 1.54) is 0 Å². The Morgan fingerprint density at radius 1 is 1.21 bits per heavy atom. The number of amides is 2. The van der Waals surface area contributed by atoms with E-state index in [2.05, 4.69) is 11.8 Å². The van der Waals surface area contributed by atoms with Crippen LogP contribution in [0.15, 0.2) is 24.3 Å². The molecule has 6 heteroatoms. The van der Waals surface area contributed by atoms with Crippen molar-refractivity contribution in [2.75, 3.05) is 47.4 Å². The average molecular weight is 388 g/mol. The number of fused-ring (bicyclic) bond motifs is 1. The Bertz CT molecular complexity index is 721. The average Bonchev–Trinajstić information content (AvgIpc) is 2.94. The van der Waals surface area contributed by atoms with Gasteiger partial charge in [-0.3, -0.25) is 14.5 Å². The molecule has 2 saturated heterocycles. The molecule has 0 N–H and O–H groups in total. The molecule has 0 radical (unpaired) electrons. The van der Waals surface area contributed by atoms with Crippen molar-refractivity contribution in [1.82, 2.24) is 14.7 Å². The molecular formula is C22H33N3O3. The van der Waals surface area contributed by atoms with Crippen molar-refractivity contribution in [3.63, 3.8) is 0 Å². The zero-order valence-electron chi connectivity index (χ0n) is 17.6. The van der Waals surface area contributed by atoms with Crippen molar-refractivity contribution in [2.45, 2.75) is 38.6 Å². The lowest BCUT2D eigenvalue weighted by atomic mass is 9.75. The highest BCUT2D eigenvalue weighted by Crippen LogP contribution is 2.44. The summed E-state index contributed by atoms with van der Waals surface area (Å²) in [4.78, 5) is 32.2. The first-order chi connectivity index (χ1) is 13.4. The summed E-state index contributed by atoms with van der Waals surface area (Å²) < 4.78 is 5.27. The number of likely N-dealkylation sites (tertiary alicyclic amines) is 2. The molecule has 0 aliphatic carbocycles. The topological polar surface area (TPSA) is 53.1 Å². The van der Waals surface area contributed by atoms with Gasteiger partial charge in [-0.15, -0.1) is 0 Å². The van der Waals surface area contributed by atoms with Gasteiger partial charge < -0.3 is 14.5 Å². The number of carbonyl (C=O) groups excluding carboxylic acids is 2. The van der Waals surface area contributed by atoms with E-state index < -0.39 is 0 Å². The van der Waals surface area contributed by atoms with Gasteiger partial charge in [-0.25, -0.2) is 0 Å². The lowest BCUT2D eigenvalue weighted by Gasteiger charge is -2.37. The normalized spacial score (nSPS) is 25.1. The monoisotopic (exact) mass is 387 g/mol. The van der Waals surface area contributed by atoms with Crippen LogP contribution in [0.3, 0.4) is 0 Å². The van der Waals surface area contributed by atoms with Crippen LogP contribution in [0, 0.1) is 5.41 Å². The fraction of sp³-hybridized carbons (Fsp3) is 0.636. The van der Waals surface area contributed by atoms with E-state index in [9.17, 15) is 9.59 Å². The van der Waals surface area contributed by atoms with Gasteiger partial charge in [0, 0.05) is 33.2 Å². The Morgan fingerprint density at radius 2 is 1.96 bits per heavy atom. The molecule has 2 atom stereocenters. The Hall–Kier alpha value is -2.08. The standard InChI is InChI=1S/C22H33N3O3/c1-5-24-13-10-22(21(27)23(2)3)11-14-25(12-9-19(22)24)20(26)16-17-7-6-8-18(15-17)28-4/h6-8,15,19H,5,9-14,16H2,1-4H3/t19-,22-/m0/s1. The molecule has 154 valence electrons. The first-order valence-corrected chi connectivity index (χ1v) is 10.3. The van der Waals surface area contributed by atoms with Crippen LogP contribution in [-0.4, -0.2) is 79.9 Å². The van der Waals surface area contributed by atoms with E-state index in [1.54, 1.807) is 12.0 Å². The summed E-state index contributed by atoms with van der Waals surface area (Å²) in [5.41, 5.74) is 0.605.